The van der Waals surface area contributed by atoms with Gasteiger partial charge in [0, 0.05) is 16.3 Å². The number of ether oxygens (including phenoxy) is 1. The van der Waals surface area contributed by atoms with Crippen LogP contribution in [0, 0.1) is 0 Å². The number of benzene rings is 5. The molecule has 252 valence electrons. The van der Waals surface area contributed by atoms with Gasteiger partial charge in [0.05, 0.1) is 48.5 Å². The Kier molecular flexibility index (Phi) is 7.89. The summed E-state index contributed by atoms with van der Waals surface area (Å²) in [6.45, 7) is 1.46. The van der Waals surface area contributed by atoms with E-state index in [-0.39, 0.29) is 82.3 Å². The molecular formula is C32H29NO13S2. The number of allylic oxidation sites excluding steroid dienone is 1. The molecule has 48 heavy (non-hydrogen) atoms. The van der Waals surface area contributed by atoms with Gasteiger partial charge < -0.3 is 25.4 Å². The molecule has 0 saturated carbocycles. The van der Waals surface area contributed by atoms with Gasteiger partial charge in [-0.15, -0.1) is 0 Å². The summed E-state index contributed by atoms with van der Waals surface area (Å²) in [6.07, 6.45) is 1.03. The minimum atomic E-state index is -4.74. The van der Waals surface area contributed by atoms with Gasteiger partial charge in [-0.25, -0.2) is 0 Å². The van der Waals surface area contributed by atoms with Crippen molar-refractivity contribution in [3.05, 3.63) is 66.0 Å². The van der Waals surface area contributed by atoms with E-state index in [2.05, 4.69) is 5.32 Å². The summed E-state index contributed by atoms with van der Waals surface area (Å²) in [7, 11) is -8.16. The van der Waals surface area contributed by atoms with E-state index in [1.54, 1.807) is 6.92 Å². The van der Waals surface area contributed by atoms with Crippen LogP contribution in [0.3, 0.4) is 0 Å². The van der Waals surface area contributed by atoms with Crippen LogP contribution in [0.5, 0.6) is 11.5 Å². The van der Waals surface area contributed by atoms with E-state index in [0.717, 1.165) is 12.1 Å². The number of Topliss-reactive ketones (excluding diaryl/α,β-unsaturated/α-hetero) is 1. The number of phenolic OH excluding ortho intramolecular Hbond substituents is 1. The van der Waals surface area contributed by atoms with Crippen molar-refractivity contribution in [3.8, 4) is 11.5 Å². The number of carbonyl (C=O) groups is 1. The van der Waals surface area contributed by atoms with Crippen LogP contribution in [0.1, 0.15) is 47.6 Å². The average molecular weight is 700 g/mol. The maximum atomic E-state index is 14.0. The van der Waals surface area contributed by atoms with Gasteiger partial charge in [0.25, 0.3) is 20.2 Å². The summed E-state index contributed by atoms with van der Waals surface area (Å²) < 4.78 is 73.1. The molecule has 1 atom stereocenters. The molecule has 0 bridgehead atoms. The summed E-state index contributed by atoms with van der Waals surface area (Å²) in [5.74, 6) is -4.37. The van der Waals surface area contributed by atoms with Crippen molar-refractivity contribution in [1.82, 2.24) is 0 Å². The SMILES string of the molecule is COc1c(O)c2c(=O)cc(CO)c3c4c(CO)cc(=O)c5c(NCS(=O)(=O)O)c(CCS(=O)(=O)O)c6c(c(c1C(C(C)=O)C(C)=C6)c23)c54. The number of carbonyl (C=O) groups excluding carboxylic acids is 1. The normalized spacial score (nSPS) is 15.1. The lowest BCUT2D eigenvalue weighted by atomic mass is 9.78. The number of methoxy groups -OCH3 is 1. The first-order chi connectivity index (χ1) is 22.4. The fourth-order valence-corrected chi connectivity index (χ4v) is 8.15. The number of fused-ring (bicyclic) bond motifs is 1. The molecule has 0 radical (unpaired) electrons. The van der Waals surface area contributed by atoms with Crippen molar-refractivity contribution in [3.63, 3.8) is 0 Å². The Morgan fingerprint density at radius 3 is 1.92 bits per heavy atom. The zero-order chi connectivity index (χ0) is 35.2. The summed E-state index contributed by atoms with van der Waals surface area (Å²) in [5, 5.41) is 35.6. The number of aliphatic hydroxyl groups is 2. The Hall–Kier alpha value is -4.45. The number of hydrogen-bond acceptors (Lipinski definition) is 12. The maximum absolute atomic E-state index is 14.0. The molecule has 16 heteroatoms. The van der Waals surface area contributed by atoms with Crippen molar-refractivity contribution in [2.45, 2.75) is 39.4 Å². The second-order valence-corrected chi connectivity index (χ2v) is 14.8. The van der Waals surface area contributed by atoms with Crippen LogP contribution in [-0.2, 0) is 44.7 Å². The first-order valence-electron chi connectivity index (χ1n) is 14.5. The van der Waals surface area contributed by atoms with Gasteiger partial charge in [0.1, 0.15) is 11.7 Å². The molecule has 0 aliphatic heterocycles. The molecule has 1 aliphatic rings. The quantitative estimate of drug-likeness (QED) is 0.0697. The third kappa shape index (κ3) is 4.94. The summed E-state index contributed by atoms with van der Waals surface area (Å²) in [5.41, 5.74) is -0.924. The van der Waals surface area contributed by atoms with E-state index in [1.165, 1.54) is 20.1 Å². The summed E-state index contributed by atoms with van der Waals surface area (Å²) >= 11 is 0. The topological polar surface area (TPSA) is 242 Å². The highest BCUT2D eigenvalue weighted by atomic mass is 32.2. The molecule has 0 fully saturated rings. The number of anilines is 1. The number of aromatic hydroxyl groups is 1. The Morgan fingerprint density at radius 1 is 0.854 bits per heavy atom. The second kappa shape index (κ2) is 11.3. The van der Waals surface area contributed by atoms with Crippen molar-refractivity contribution >= 4 is 80.9 Å². The number of nitrogens with one attached hydrogen (secondary N) is 1. The lowest BCUT2D eigenvalue weighted by Gasteiger charge is -2.26. The highest BCUT2D eigenvalue weighted by Crippen LogP contribution is 2.56. The molecule has 0 saturated heterocycles. The van der Waals surface area contributed by atoms with Gasteiger partial charge in [-0.2, -0.15) is 16.8 Å². The van der Waals surface area contributed by atoms with Crippen molar-refractivity contribution < 1.29 is 50.8 Å². The molecular weight excluding hydrogens is 670 g/mol. The van der Waals surface area contributed by atoms with Gasteiger partial charge in [0.15, 0.2) is 22.4 Å². The third-order valence-corrected chi connectivity index (χ3v) is 10.2. The van der Waals surface area contributed by atoms with Gasteiger partial charge in [-0.05, 0) is 76.2 Å². The number of rotatable bonds is 10. The molecule has 5 aromatic carbocycles. The highest BCUT2D eigenvalue weighted by molar-refractivity contribution is 7.86. The van der Waals surface area contributed by atoms with Crippen LogP contribution < -0.4 is 20.9 Å². The second-order valence-electron chi connectivity index (χ2n) is 11.8. The predicted molar refractivity (Wildman–Crippen MR) is 179 cm³/mol. The zero-order valence-corrected chi connectivity index (χ0v) is 27.3. The first-order valence-corrected chi connectivity index (χ1v) is 17.7. The third-order valence-electron chi connectivity index (χ3n) is 8.97. The van der Waals surface area contributed by atoms with Crippen LogP contribution in [0.25, 0.3) is 49.2 Å². The Bertz CT molecular complexity index is 2610. The minimum Gasteiger partial charge on any atom is -0.504 e. The smallest absolute Gasteiger partial charge is 0.283 e. The Labute approximate surface area is 272 Å². The molecule has 5 aromatic rings. The Morgan fingerprint density at radius 2 is 1.42 bits per heavy atom. The lowest BCUT2D eigenvalue weighted by Crippen LogP contribution is -2.19. The van der Waals surface area contributed by atoms with Gasteiger partial charge >= 0.3 is 0 Å². The van der Waals surface area contributed by atoms with Crippen LogP contribution in [0.2, 0.25) is 0 Å². The molecule has 0 heterocycles. The fourth-order valence-electron chi connectivity index (χ4n) is 7.36. The van der Waals surface area contributed by atoms with E-state index in [4.69, 9.17) is 4.74 Å². The Balaban J connectivity index is 2.10. The molecule has 6 rings (SSSR count). The highest BCUT2D eigenvalue weighted by Gasteiger charge is 2.37. The van der Waals surface area contributed by atoms with Crippen LogP contribution >= 0.6 is 0 Å². The molecule has 6 N–H and O–H groups in total. The van der Waals surface area contributed by atoms with Crippen molar-refractivity contribution in [2.24, 2.45) is 0 Å². The minimum absolute atomic E-state index is 0.0115. The first kappa shape index (κ1) is 33.5. The number of phenols is 1. The largest absolute Gasteiger partial charge is 0.504 e. The van der Waals surface area contributed by atoms with E-state index in [0.29, 0.717) is 5.57 Å². The maximum Gasteiger partial charge on any atom is 0.283 e. The zero-order valence-electron chi connectivity index (χ0n) is 25.7. The summed E-state index contributed by atoms with van der Waals surface area (Å²) in [6, 6.07) is 2.16. The van der Waals surface area contributed by atoms with Crippen molar-refractivity contribution in [1.29, 1.82) is 0 Å². The molecule has 0 amide bonds. The molecule has 1 unspecified atom stereocenters. The molecule has 14 nitrogen and oxygen atoms in total. The number of ketones is 1. The van der Waals surface area contributed by atoms with Crippen LogP contribution in [0.15, 0.2) is 27.3 Å². The van der Waals surface area contributed by atoms with Crippen molar-refractivity contribution in [2.75, 3.05) is 24.1 Å². The van der Waals surface area contributed by atoms with Gasteiger partial charge in [-0.1, -0.05) is 11.6 Å². The van der Waals surface area contributed by atoms with Gasteiger partial charge in [-0.3, -0.25) is 23.5 Å². The lowest BCUT2D eigenvalue weighted by molar-refractivity contribution is -0.117. The molecule has 1 aliphatic carbocycles. The molecule has 0 spiro atoms. The van der Waals surface area contributed by atoms with E-state index in [9.17, 15) is 55.6 Å². The molecule has 0 aromatic heterocycles. The number of aliphatic hydroxyl groups excluding tert-OH is 2. The monoisotopic (exact) mass is 699 g/mol. The summed E-state index contributed by atoms with van der Waals surface area (Å²) in [4.78, 5) is 41.1. The van der Waals surface area contributed by atoms with E-state index >= 15 is 0 Å². The predicted octanol–water partition coefficient (Wildman–Crippen LogP) is 2.37. The fraction of sp³-hybridized carbons (Fsp3) is 0.281. The van der Waals surface area contributed by atoms with E-state index < -0.39 is 79.8 Å². The van der Waals surface area contributed by atoms with Crippen LogP contribution in [-0.4, -0.2) is 65.8 Å². The number of hydrogen-bond donors (Lipinski definition) is 6. The van der Waals surface area contributed by atoms with E-state index in [1.807, 2.05) is 0 Å². The standard InChI is InChI=1S/C32H29NO13S2/c1-12-6-17-16(4-5-47(40,41)42)30(33-11-48(43,44)45)24-18(37)7-14(9-34)21-22-15(10-35)8-19(38)25-27(22)28(23(17)26(21)24)29(20(12)13(2)36)32(46-3)31(25)39/h6-8,20,33-35,39H,4-5,9-11H2,1-3H3,(H,40,41,42)(H,43,44,45). The van der Waals surface area contributed by atoms with Gasteiger partial charge in [0.2, 0.25) is 0 Å². The van der Waals surface area contributed by atoms with Crippen LogP contribution in [0.4, 0.5) is 5.69 Å². The average Bonchev–Trinajstić information content (AvgIpc) is 3.12.